The second-order valence-corrected chi connectivity index (χ2v) is 3.86. The molecule has 2 rings (SSSR count). The van der Waals surface area contributed by atoms with Crippen molar-refractivity contribution >= 4 is 0 Å². The number of hydrogen-bond donors (Lipinski definition) is 2. The first-order chi connectivity index (χ1) is 6.28. The van der Waals surface area contributed by atoms with Crippen LogP contribution in [0.2, 0.25) is 0 Å². The highest BCUT2D eigenvalue weighted by atomic mass is 16.3. The van der Waals surface area contributed by atoms with E-state index < -0.39 is 0 Å². The van der Waals surface area contributed by atoms with Gasteiger partial charge in [0.25, 0.3) is 0 Å². The van der Waals surface area contributed by atoms with Crippen LogP contribution in [0.3, 0.4) is 0 Å². The Hall–Kier alpha value is -1.02. The summed E-state index contributed by atoms with van der Waals surface area (Å²) in [5, 5.41) is 9.69. The maximum Gasteiger partial charge on any atom is 0.119 e. The number of benzene rings is 1. The van der Waals surface area contributed by atoms with Gasteiger partial charge in [-0.15, -0.1) is 0 Å². The van der Waals surface area contributed by atoms with Crippen LogP contribution in [0.15, 0.2) is 24.3 Å². The van der Waals surface area contributed by atoms with Crippen LogP contribution in [0.1, 0.15) is 24.8 Å². The van der Waals surface area contributed by atoms with E-state index in [-0.39, 0.29) is 5.41 Å². The number of nitrogens with two attached hydrogens (primary N) is 1. The van der Waals surface area contributed by atoms with Gasteiger partial charge in [0, 0.05) is 17.5 Å². The Labute approximate surface area is 78.4 Å². The monoisotopic (exact) mass is 177 g/mol. The lowest BCUT2D eigenvalue weighted by molar-refractivity contribution is 0.245. The third-order valence-corrected chi connectivity index (χ3v) is 3.18. The van der Waals surface area contributed by atoms with Crippen molar-refractivity contribution in [2.75, 3.05) is 6.54 Å². The number of aromatic hydroxyl groups is 1. The van der Waals surface area contributed by atoms with Gasteiger partial charge >= 0.3 is 0 Å². The summed E-state index contributed by atoms with van der Waals surface area (Å²) in [5.41, 5.74) is 6.86. The lowest BCUT2D eigenvalue weighted by atomic mass is 9.64. The van der Waals surface area contributed by atoms with Crippen LogP contribution >= 0.6 is 0 Å². The minimum absolute atomic E-state index is 0.0747. The number of para-hydroxylation sites is 1. The lowest BCUT2D eigenvalue weighted by Gasteiger charge is -2.41. The molecule has 70 valence electrons. The fourth-order valence-corrected chi connectivity index (χ4v) is 2.11. The maximum absolute atomic E-state index is 9.69. The minimum Gasteiger partial charge on any atom is -0.508 e. The number of phenolic OH excluding ortho intramolecular Hbond substituents is 1. The van der Waals surface area contributed by atoms with Crippen LogP contribution in [0.25, 0.3) is 0 Å². The predicted molar refractivity (Wildman–Crippen MR) is 52.7 cm³/mol. The summed E-state index contributed by atoms with van der Waals surface area (Å²) < 4.78 is 0. The molecule has 0 aliphatic heterocycles. The Balaban J connectivity index is 2.38. The summed E-state index contributed by atoms with van der Waals surface area (Å²) in [6.45, 7) is 0.643. The van der Waals surface area contributed by atoms with Crippen molar-refractivity contribution < 1.29 is 5.11 Å². The predicted octanol–water partition coefficient (Wildman–Crippen LogP) is 1.77. The van der Waals surface area contributed by atoms with Crippen molar-refractivity contribution in [1.82, 2.24) is 0 Å². The molecule has 0 spiro atoms. The molecule has 0 unspecified atom stereocenters. The van der Waals surface area contributed by atoms with Gasteiger partial charge in [0.15, 0.2) is 0 Å². The number of hydrogen-bond acceptors (Lipinski definition) is 2. The quantitative estimate of drug-likeness (QED) is 0.723. The summed E-state index contributed by atoms with van der Waals surface area (Å²) in [6, 6.07) is 7.54. The summed E-state index contributed by atoms with van der Waals surface area (Å²) in [4.78, 5) is 0. The summed E-state index contributed by atoms with van der Waals surface area (Å²) in [6.07, 6.45) is 3.45. The first-order valence-electron chi connectivity index (χ1n) is 4.77. The van der Waals surface area contributed by atoms with Gasteiger partial charge in [-0.05, 0) is 18.9 Å². The second-order valence-electron chi connectivity index (χ2n) is 3.86. The zero-order valence-electron chi connectivity index (χ0n) is 7.66. The molecule has 1 aliphatic carbocycles. The van der Waals surface area contributed by atoms with Gasteiger partial charge in [-0.3, -0.25) is 0 Å². The third kappa shape index (κ3) is 1.22. The van der Waals surface area contributed by atoms with Crippen molar-refractivity contribution in [2.24, 2.45) is 5.73 Å². The van der Waals surface area contributed by atoms with E-state index in [1.54, 1.807) is 6.07 Å². The first kappa shape index (κ1) is 8.57. The van der Waals surface area contributed by atoms with Gasteiger partial charge in [-0.2, -0.15) is 0 Å². The van der Waals surface area contributed by atoms with Crippen LogP contribution < -0.4 is 5.73 Å². The average molecular weight is 177 g/mol. The molecule has 0 radical (unpaired) electrons. The molecule has 1 aliphatic rings. The summed E-state index contributed by atoms with van der Waals surface area (Å²) in [5.74, 6) is 0.396. The van der Waals surface area contributed by atoms with Crippen LogP contribution in [-0.2, 0) is 5.41 Å². The van der Waals surface area contributed by atoms with E-state index in [0.717, 1.165) is 18.4 Å². The van der Waals surface area contributed by atoms with Gasteiger partial charge in [-0.1, -0.05) is 24.6 Å². The second kappa shape index (κ2) is 3.04. The Bertz CT molecular complexity index is 299. The van der Waals surface area contributed by atoms with Crippen LogP contribution in [0.5, 0.6) is 5.75 Å². The minimum atomic E-state index is 0.0747. The van der Waals surface area contributed by atoms with Gasteiger partial charge in [-0.25, -0.2) is 0 Å². The van der Waals surface area contributed by atoms with Gasteiger partial charge < -0.3 is 10.8 Å². The van der Waals surface area contributed by atoms with E-state index in [9.17, 15) is 5.11 Å². The maximum atomic E-state index is 9.69. The molecule has 0 atom stereocenters. The molecule has 1 aromatic rings. The molecule has 2 nitrogen and oxygen atoms in total. The normalized spacial score (nSPS) is 19.5. The highest BCUT2D eigenvalue weighted by molar-refractivity contribution is 5.40. The molecule has 1 aromatic carbocycles. The van der Waals surface area contributed by atoms with E-state index in [1.807, 2.05) is 18.2 Å². The largest absolute Gasteiger partial charge is 0.508 e. The smallest absolute Gasteiger partial charge is 0.119 e. The van der Waals surface area contributed by atoms with Crippen LogP contribution in [0.4, 0.5) is 0 Å². The fraction of sp³-hybridized carbons (Fsp3) is 0.455. The first-order valence-corrected chi connectivity index (χ1v) is 4.77. The van der Waals surface area contributed by atoms with Crippen molar-refractivity contribution in [1.29, 1.82) is 0 Å². The van der Waals surface area contributed by atoms with Crippen LogP contribution in [-0.4, -0.2) is 11.7 Å². The molecule has 0 saturated heterocycles. The van der Waals surface area contributed by atoms with E-state index in [1.165, 1.54) is 6.42 Å². The van der Waals surface area contributed by atoms with Crippen molar-refractivity contribution in [3.8, 4) is 5.75 Å². The third-order valence-electron chi connectivity index (χ3n) is 3.18. The number of rotatable bonds is 2. The van der Waals surface area contributed by atoms with Crippen molar-refractivity contribution in [2.45, 2.75) is 24.7 Å². The molecule has 0 aromatic heterocycles. The molecular formula is C11H15NO. The van der Waals surface area contributed by atoms with E-state index in [2.05, 4.69) is 0 Å². The Kier molecular flexibility index (Phi) is 2.00. The highest BCUT2D eigenvalue weighted by Gasteiger charge is 2.38. The Morgan fingerprint density at radius 2 is 2.00 bits per heavy atom. The molecule has 13 heavy (non-hydrogen) atoms. The van der Waals surface area contributed by atoms with E-state index >= 15 is 0 Å². The number of phenols is 1. The summed E-state index contributed by atoms with van der Waals surface area (Å²) in [7, 11) is 0. The lowest BCUT2D eigenvalue weighted by Crippen LogP contribution is -2.41. The zero-order valence-corrected chi connectivity index (χ0v) is 7.66. The topological polar surface area (TPSA) is 46.2 Å². The van der Waals surface area contributed by atoms with Crippen molar-refractivity contribution in [3.63, 3.8) is 0 Å². The van der Waals surface area contributed by atoms with Gasteiger partial charge in [0.05, 0.1) is 0 Å². The Morgan fingerprint density at radius 3 is 2.46 bits per heavy atom. The molecule has 0 amide bonds. The molecular weight excluding hydrogens is 162 g/mol. The molecule has 2 heteroatoms. The highest BCUT2D eigenvalue weighted by Crippen LogP contribution is 2.45. The van der Waals surface area contributed by atoms with Crippen LogP contribution in [0, 0.1) is 0 Å². The Morgan fingerprint density at radius 1 is 1.31 bits per heavy atom. The van der Waals surface area contributed by atoms with E-state index in [0.29, 0.717) is 12.3 Å². The molecule has 0 heterocycles. The van der Waals surface area contributed by atoms with Gasteiger partial charge in [0.2, 0.25) is 0 Å². The molecule has 3 N–H and O–H groups in total. The SMILES string of the molecule is NCC1(c2ccccc2O)CCC1. The summed E-state index contributed by atoms with van der Waals surface area (Å²) >= 11 is 0. The zero-order chi connectivity index (χ0) is 9.31. The fourth-order valence-electron chi connectivity index (χ4n) is 2.11. The standard InChI is InChI=1S/C11H15NO/c12-8-11(6-3-7-11)9-4-1-2-5-10(9)13/h1-2,4-5,13H,3,6-8,12H2. The van der Waals surface area contributed by atoms with E-state index in [4.69, 9.17) is 5.73 Å². The molecule has 1 saturated carbocycles. The van der Waals surface area contributed by atoms with Crippen molar-refractivity contribution in [3.05, 3.63) is 29.8 Å². The van der Waals surface area contributed by atoms with Gasteiger partial charge in [0.1, 0.15) is 5.75 Å². The average Bonchev–Trinajstić information content (AvgIpc) is 2.07. The molecule has 0 bridgehead atoms. The molecule has 1 fully saturated rings.